The van der Waals surface area contributed by atoms with Gasteiger partial charge in [0.05, 0.1) is 0 Å². The second kappa shape index (κ2) is 6.49. The lowest BCUT2D eigenvalue weighted by molar-refractivity contribution is 0.0787. The predicted molar refractivity (Wildman–Crippen MR) is 97.7 cm³/mol. The van der Waals surface area contributed by atoms with E-state index in [2.05, 4.69) is 4.98 Å². The number of amides is 1. The molecule has 1 N–H and O–H groups in total. The third-order valence-corrected chi connectivity index (χ3v) is 5.72. The first-order chi connectivity index (χ1) is 12.5. The summed E-state index contributed by atoms with van der Waals surface area (Å²) in [7, 11) is -4.02. The van der Waals surface area contributed by atoms with Gasteiger partial charge >= 0.3 is 10.1 Å². The van der Waals surface area contributed by atoms with Crippen molar-refractivity contribution in [2.24, 2.45) is 0 Å². The Labute approximate surface area is 151 Å². The van der Waals surface area contributed by atoms with Crippen LogP contribution in [0.25, 0.3) is 10.8 Å². The van der Waals surface area contributed by atoms with Gasteiger partial charge in [0.15, 0.2) is 0 Å². The van der Waals surface area contributed by atoms with Crippen molar-refractivity contribution in [2.75, 3.05) is 13.1 Å². The fourth-order valence-corrected chi connectivity index (χ4v) is 4.05. The monoisotopic (exact) mass is 370 g/mol. The SMILES string of the molecule is O=C(c1cc(S(=O)(=O)Oc2ccc3ccccc3c2)c[nH]1)N1CCCC1. The number of nitrogens with one attached hydrogen (secondary N) is 1. The lowest BCUT2D eigenvalue weighted by Crippen LogP contribution is -2.27. The Balaban J connectivity index is 1.57. The molecule has 7 heteroatoms. The zero-order valence-corrected chi connectivity index (χ0v) is 14.8. The van der Waals surface area contributed by atoms with E-state index in [1.807, 2.05) is 24.3 Å². The molecular weight excluding hydrogens is 352 g/mol. The first kappa shape index (κ1) is 16.7. The van der Waals surface area contributed by atoms with Crippen LogP contribution < -0.4 is 4.18 Å². The van der Waals surface area contributed by atoms with Gasteiger partial charge in [0.25, 0.3) is 5.91 Å². The van der Waals surface area contributed by atoms with E-state index >= 15 is 0 Å². The molecule has 0 radical (unpaired) electrons. The zero-order valence-electron chi connectivity index (χ0n) is 14.0. The van der Waals surface area contributed by atoms with Gasteiger partial charge in [0, 0.05) is 19.3 Å². The Morgan fingerprint density at radius 2 is 1.73 bits per heavy atom. The lowest BCUT2D eigenvalue weighted by atomic mass is 10.1. The Bertz CT molecular complexity index is 1070. The molecule has 134 valence electrons. The molecule has 26 heavy (non-hydrogen) atoms. The van der Waals surface area contributed by atoms with Crippen LogP contribution in [0.2, 0.25) is 0 Å². The van der Waals surface area contributed by atoms with E-state index < -0.39 is 10.1 Å². The van der Waals surface area contributed by atoms with Crippen LogP contribution in [0.3, 0.4) is 0 Å². The summed E-state index contributed by atoms with van der Waals surface area (Å²) >= 11 is 0. The van der Waals surface area contributed by atoms with Crippen molar-refractivity contribution in [1.82, 2.24) is 9.88 Å². The highest BCUT2D eigenvalue weighted by Crippen LogP contribution is 2.24. The summed E-state index contributed by atoms with van der Waals surface area (Å²) in [4.78, 5) is 16.8. The van der Waals surface area contributed by atoms with E-state index in [0.717, 1.165) is 23.6 Å². The molecule has 1 amide bonds. The smallest absolute Gasteiger partial charge is 0.340 e. The minimum absolute atomic E-state index is 0.0618. The van der Waals surface area contributed by atoms with Crippen molar-refractivity contribution in [2.45, 2.75) is 17.7 Å². The van der Waals surface area contributed by atoms with Gasteiger partial charge < -0.3 is 14.1 Å². The van der Waals surface area contributed by atoms with Crippen molar-refractivity contribution >= 4 is 26.8 Å². The maximum Gasteiger partial charge on any atom is 0.340 e. The Hall–Kier alpha value is -2.80. The van der Waals surface area contributed by atoms with E-state index in [4.69, 9.17) is 4.18 Å². The fourth-order valence-electron chi connectivity index (χ4n) is 3.13. The summed E-state index contributed by atoms with van der Waals surface area (Å²) in [6, 6.07) is 14.0. The summed E-state index contributed by atoms with van der Waals surface area (Å²) in [5, 5.41) is 1.89. The summed E-state index contributed by atoms with van der Waals surface area (Å²) in [5.74, 6) is 0.0481. The standard InChI is InChI=1S/C19H18N2O4S/c22-19(21-9-3-4-10-21)18-12-17(13-20-18)26(23,24)25-16-8-7-14-5-1-2-6-15(14)11-16/h1-2,5-8,11-13,20H,3-4,9-10H2. The summed E-state index contributed by atoms with van der Waals surface area (Å²) in [5.41, 5.74) is 0.257. The molecule has 4 rings (SSSR count). The van der Waals surface area contributed by atoms with Crippen LogP contribution >= 0.6 is 0 Å². The minimum atomic E-state index is -4.02. The number of aromatic nitrogens is 1. The number of hydrogen-bond acceptors (Lipinski definition) is 4. The first-order valence-electron chi connectivity index (χ1n) is 8.44. The molecule has 1 saturated heterocycles. The molecule has 1 aliphatic heterocycles. The van der Waals surface area contributed by atoms with Gasteiger partial charge in [-0.15, -0.1) is 0 Å². The van der Waals surface area contributed by atoms with Crippen LogP contribution in [-0.4, -0.2) is 37.3 Å². The van der Waals surface area contributed by atoms with E-state index in [0.29, 0.717) is 13.1 Å². The van der Waals surface area contributed by atoms with Crippen LogP contribution in [0.5, 0.6) is 5.75 Å². The van der Waals surface area contributed by atoms with Gasteiger partial charge in [-0.05, 0) is 41.8 Å². The zero-order chi connectivity index (χ0) is 18.1. The summed E-state index contributed by atoms with van der Waals surface area (Å²) in [6.45, 7) is 1.40. The highest BCUT2D eigenvalue weighted by molar-refractivity contribution is 7.87. The molecule has 0 spiro atoms. The molecule has 1 aromatic heterocycles. The number of hydrogen-bond donors (Lipinski definition) is 1. The van der Waals surface area contributed by atoms with Crippen molar-refractivity contribution in [1.29, 1.82) is 0 Å². The van der Waals surface area contributed by atoms with Crippen molar-refractivity contribution in [3.63, 3.8) is 0 Å². The summed E-state index contributed by atoms with van der Waals surface area (Å²) in [6.07, 6.45) is 3.24. The quantitative estimate of drug-likeness (QED) is 0.716. The Kier molecular flexibility index (Phi) is 4.16. The predicted octanol–water partition coefficient (Wildman–Crippen LogP) is 3.17. The molecule has 0 unspecified atom stereocenters. The van der Waals surface area contributed by atoms with Crippen molar-refractivity contribution in [3.8, 4) is 5.75 Å². The number of benzene rings is 2. The number of rotatable bonds is 4. The normalized spacial score (nSPS) is 14.7. The van der Waals surface area contributed by atoms with Gasteiger partial charge in [-0.25, -0.2) is 0 Å². The average molecular weight is 370 g/mol. The molecule has 2 heterocycles. The number of likely N-dealkylation sites (tertiary alicyclic amines) is 1. The van der Waals surface area contributed by atoms with E-state index in [1.165, 1.54) is 12.3 Å². The molecule has 0 bridgehead atoms. The lowest BCUT2D eigenvalue weighted by Gasteiger charge is -2.13. The molecule has 6 nitrogen and oxygen atoms in total. The second-order valence-corrected chi connectivity index (χ2v) is 7.84. The van der Waals surface area contributed by atoms with E-state index in [9.17, 15) is 13.2 Å². The van der Waals surface area contributed by atoms with Crippen LogP contribution in [0.1, 0.15) is 23.3 Å². The van der Waals surface area contributed by atoms with Gasteiger partial charge in [-0.3, -0.25) is 4.79 Å². The van der Waals surface area contributed by atoms with Gasteiger partial charge in [-0.2, -0.15) is 8.42 Å². The number of fused-ring (bicyclic) bond motifs is 1. The Morgan fingerprint density at radius 1 is 1.00 bits per heavy atom. The van der Waals surface area contributed by atoms with Crippen molar-refractivity contribution < 1.29 is 17.4 Å². The molecular formula is C19H18N2O4S. The number of aromatic amines is 1. The number of carbonyl (C=O) groups excluding carboxylic acids is 1. The highest BCUT2D eigenvalue weighted by atomic mass is 32.2. The maximum absolute atomic E-state index is 12.5. The Morgan fingerprint density at radius 3 is 2.50 bits per heavy atom. The van der Waals surface area contributed by atoms with Crippen LogP contribution in [0.15, 0.2) is 59.6 Å². The maximum atomic E-state index is 12.5. The average Bonchev–Trinajstić information content (AvgIpc) is 3.33. The molecule has 0 atom stereocenters. The molecule has 1 fully saturated rings. The van der Waals surface area contributed by atoms with E-state index in [1.54, 1.807) is 23.1 Å². The highest BCUT2D eigenvalue weighted by Gasteiger charge is 2.24. The van der Waals surface area contributed by atoms with Gasteiger partial charge in [-0.1, -0.05) is 30.3 Å². The number of carbonyl (C=O) groups is 1. The summed E-state index contributed by atoms with van der Waals surface area (Å²) < 4.78 is 30.3. The fraction of sp³-hybridized carbons (Fsp3) is 0.211. The number of nitrogens with zero attached hydrogens (tertiary/aromatic N) is 1. The molecule has 0 saturated carbocycles. The van der Waals surface area contributed by atoms with Gasteiger partial charge in [0.1, 0.15) is 16.3 Å². The molecule has 2 aromatic carbocycles. The first-order valence-corrected chi connectivity index (χ1v) is 9.85. The van der Waals surface area contributed by atoms with Crippen LogP contribution in [0.4, 0.5) is 0 Å². The molecule has 1 aliphatic rings. The minimum Gasteiger partial charge on any atom is -0.379 e. The van der Waals surface area contributed by atoms with Crippen LogP contribution in [0, 0.1) is 0 Å². The number of H-pyrrole nitrogens is 1. The van der Waals surface area contributed by atoms with E-state index in [-0.39, 0.29) is 22.2 Å². The largest absolute Gasteiger partial charge is 0.379 e. The topological polar surface area (TPSA) is 79.5 Å². The third kappa shape index (κ3) is 3.17. The molecule has 3 aromatic rings. The second-order valence-electron chi connectivity index (χ2n) is 6.29. The van der Waals surface area contributed by atoms with Crippen LogP contribution in [-0.2, 0) is 10.1 Å². The van der Waals surface area contributed by atoms with Crippen molar-refractivity contribution in [3.05, 3.63) is 60.4 Å². The molecule has 0 aliphatic carbocycles. The third-order valence-electron chi connectivity index (χ3n) is 4.50. The van der Waals surface area contributed by atoms with Gasteiger partial charge in [0.2, 0.25) is 0 Å².